The smallest absolute Gasteiger partial charge is 0.221 e. The number of likely N-dealkylation sites (tertiary alicyclic amines) is 1. The number of nitrogens with zero attached hydrogens (tertiary/aromatic N) is 4. The number of aliphatic hydroxyl groups is 1. The van der Waals surface area contributed by atoms with Crippen LogP contribution >= 0.6 is 0 Å². The summed E-state index contributed by atoms with van der Waals surface area (Å²) in [7, 11) is 0. The van der Waals surface area contributed by atoms with Crippen LogP contribution in [-0.4, -0.2) is 57.7 Å². The molecule has 7 heteroatoms. The molecule has 3 rings (SSSR count). The van der Waals surface area contributed by atoms with Crippen molar-refractivity contribution in [2.24, 2.45) is 5.92 Å². The van der Waals surface area contributed by atoms with E-state index < -0.39 is 5.60 Å². The second kappa shape index (κ2) is 5.96. The Morgan fingerprint density at radius 3 is 2.87 bits per heavy atom. The minimum atomic E-state index is -0.673. The number of hydrogen-bond acceptors (Lipinski definition) is 6. The van der Waals surface area contributed by atoms with E-state index in [0.717, 1.165) is 24.3 Å². The highest BCUT2D eigenvalue weighted by atomic mass is 16.3. The summed E-state index contributed by atoms with van der Waals surface area (Å²) in [5.41, 5.74) is 6.14. The second-order valence-electron chi connectivity index (χ2n) is 6.64. The van der Waals surface area contributed by atoms with E-state index >= 15 is 0 Å². The van der Waals surface area contributed by atoms with Crippen molar-refractivity contribution in [1.82, 2.24) is 14.9 Å². The van der Waals surface area contributed by atoms with Crippen molar-refractivity contribution in [3.63, 3.8) is 0 Å². The summed E-state index contributed by atoms with van der Waals surface area (Å²) >= 11 is 0. The summed E-state index contributed by atoms with van der Waals surface area (Å²) in [6, 6.07) is 0. The molecule has 126 valence electrons. The maximum absolute atomic E-state index is 11.7. The van der Waals surface area contributed by atoms with Crippen LogP contribution in [0.2, 0.25) is 0 Å². The Morgan fingerprint density at radius 1 is 1.43 bits per heavy atom. The van der Waals surface area contributed by atoms with E-state index in [-0.39, 0.29) is 17.8 Å². The molecule has 1 amide bonds. The molecule has 0 aromatic carbocycles. The van der Waals surface area contributed by atoms with Crippen LogP contribution in [-0.2, 0) is 11.2 Å². The fourth-order valence-corrected chi connectivity index (χ4v) is 3.72. The summed E-state index contributed by atoms with van der Waals surface area (Å²) in [6.07, 6.45) is 3.95. The van der Waals surface area contributed by atoms with E-state index in [9.17, 15) is 9.90 Å². The molecule has 0 unspecified atom stereocenters. The zero-order valence-corrected chi connectivity index (χ0v) is 13.8. The minimum absolute atomic E-state index is 0.0368. The van der Waals surface area contributed by atoms with Gasteiger partial charge in [-0.25, -0.2) is 4.98 Å². The van der Waals surface area contributed by atoms with Gasteiger partial charge in [-0.1, -0.05) is 6.92 Å². The summed E-state index contributed by atoms with van der Waals surface area (Å²) in [4.78, 5) is 24.2. The number of rotatable bonds is 2. The molecule has 0 bridgehead atoms. The summed E-state index contributed by atoms with van der Waals surface area (Å²) in [5.74, 6) is 1.24. The molecule has 0 saturated carbocycles. The molecule has 2 aliphatic heterocycles. The molecule has 23 heavy (non-hydrogen) atoms. The third-order valence-electron chi connectivity index (χ3n) is 5.26. The lowest BCUT2D eigenvalue weighted by molar-refractivity contribution is -0.139. The van der Waals surface area contributed by atoms with Crippen molar-refractivity contribution < 1.29 is 9.90 Å². The van der Waals surface area contributed by atoms with Gasteiger partial charge in [0.05, 0.1) is 5.60 Å². The number of aryl methyl sites for hydroxylation is 1. The fraction of sp³-hybridized carbons (Fsp3) is 0.688. The van der Waals surface area contributed by atoms with Crippen molar-refractivity contribution in [2.75, 3.05) is 36.8 Å². The van der Waals surface area contributed by atoms with E-state index in [1.807, 2.05) is 4.90 Å². The number of piperidine rings is 2. The van der Waals surface area contributed by atoms with E-state index in [4.69, 9.17) is 5.73 Å². The molecule has 0 spiro atoms. The van der Waals surface area contributed by atoms with Crippen LogP contribution in [0.3, 0.4) is 0 Å². The van der Waals surface area contributed by atoms with Crippen LogP contribution in [0.1, 0.15) is 32.3 Å². The zero-order valence-electron chi connectivity index (χ0n) is 13.8. The van der Waals surface area contributed by atoms with Gasteiger partial charge in [0.25, 0.3) is 0 Å². The Bertz CT molecular complexity index is 608. The molecule has 2 atom stereocenters. The van der Waals surface area contributed by atoms with Crippen molar-refractivity contribution in [3.8, 4) is 0 Å². The Labute approximate surface area is 136 Å². The maximum atomic E-state index is 11.7. The molecular weight excluding hydrogens is 294 g/mol. The predicted octanol–water partition coefficient (Wildman–Crippen LogP) is 0.431. The summed E-state index contributed by atoms with van der Waals surface area (Å²) in [6.45, 7) is 6.33. The first kappa shape index (κ1) is 16.0. The van der Waals surface area contributed by atoms with Crippen molar-refractivity contribution >= 4 is 17.7 Å². The number of fused-ring (bicyclic) bond motifs is 1. The molecule has 0 radical (unpaired) electrons. The van der Waals surface area contributed by atoms with E-state index in [1.54, 1.807) is 13.1 Å². The van der Waals surface area contributed by atoms with Gasteiger partial charge in [0.2, 0.25) is 11.9 Å². The van der Waals surface area contributed by atoms with E-state index in [1.165, 1.54) is 0 Å². The topological polar surface area (TPSA) is 95.6 Å². The molecule has 1 aromatic rings. The van der Waals surface area contributed by atoms with Crippen LogP contribution in [0.15, 0.2) is 6.20 Å². The normalized spacial score (nSPS) is 27.7. The van der Waals surface area contributed by atoms with Crippen molar-refractivity contribution in [2.45, 2.75) is 38.7 Å². The van der Waals surface area contributed by atoms with Gasteiger partial charge in [0.1, 0.15) is 5.82 Å². The molecule has 2 aliphatic rings. The van der Waals surface area contributed by atoms with Gasteiger partial charge in [-0.15, -0.1) is 0 Å². The van der Waals surface area contributed by atoms with Gasteiger partial charge in [-0.05, 0) is 19.3 Å². The lowest BCUT2D eigenvalue weighted by Crippen LogP contribution is -2.60. The van der Waals surface area contributed by atoms with Gasteiger partial charge >= 0.3 is 0 Å². The van der Waals surface area contributed by atoms with Gasteiger partial charge in [0, 0.05) is 50.8 Å². The largest absolute Gasteiger partial charge is 0.389 e. The quantitative estimate of drug-likeness (QED) is 0.821. The van der Waals surface area contributed by atoms with Gasteiger partial charge in [-0.3, -0.25) is 4.79 Å². The molecule has 1 aromatic heterocycles. The molecule has 7 nitrogen and oxygen atoms in total. The van der Waals surface area contributed by atoms with Crippen LogP contribution < -0.4 is 10.6 Å². The lowest BCUT2D eigenvalue weighted by atomic mass is 9.75. The highest BCUT2D eigenvalue weighted by Gasteiger charge is 2.45. The van der Waals surface area contributed by atoms with Crippen LogP contribution in [0.4, 0.5) is 11.8 Å². The Hall–Kier alpha value is -1.89. The molecule has 2 saturated heterocycles. The number of carbonyl (C=O) groups excluding carboxylic acids is 1. The van der Waals surface area contributed by atoms with Crippen LogP contribution in [0, 0.1) is 5.92 Å². The van der Waals surface area contributed by atoms with Crippen molar-refractivity contribution in [3.05, 3.63) is 11.8 Å². The standard InChI is InChI=1S/C16H25N5O2/c1-3-12-8-18-15(17)19-14(12)21-7-5-16(23)4-6-20(11(2)22)9-13(16)10-21/h8,13,23H,3-7,9-10H2,1-2H3,(H2,17,18,19)/t13-,16-/m0/s1. The SMILES string of the molecule is CCc1cnc(N)nc1N1CC[C@@]2(O)CCN(C(C)=O)C[C@H]2C1. The zero-order chi connectivity index (χ0) is 16.6. The monoisotopic (exact) mass is 319 g/mol. The molecule has 3 N–H and O–H groups in total. The van der Waals surface area contributed by atoms with E-state index in [2.05, 4.69) is 21.8 Å². The Morgan fingerprint density at radius 2 is 2.17 bits per heavy atom. The van der Waals surface area contributed by atoms with Gasteiger partial charge in [-0.2, -0.15) is 4.98 Å². The van der Waals surface area contributed by atoms with Gasteiger partial charge < -0.3 is 20.6 Å². The van der Waals surface area contributed by atoms with Crippen LogP contribution in [0.5, 0.6) is 0 Å². The van der Waals surface area contributed by atoms with Gasteiger partial charge in [0.15, 0.2) is 0 Å². The third kappa shape index (κ3) is 2.97. The first-order valence-electron chi connectivity index (χ1n) is 8.27. The molecule has 0 aliphatic carbocycles. The number of nitrogens with two attached hydrogens (primary N) is 1. The average molecular weight is 319 g/mol. The maximum Gasteiger partial charge on any atom is 0.221 e. The number of hydrogen-bond donors (Lipinski definition) is 2. The van der Waals surface area contributed by atoms with Crippen molar-refractivity contribution in [1.29, 1.82) is 0 Å². The summed E-state index contributed by atoms with van der Waals surface area (Å²) in [5, 5.41) is 10.9. The van der Waals surface area contributed by atoms with Crippen LogP contribution in [0.25, 0.3) is 0 Å². The summed E-state index contributed by atoms with van der Waals surface area (Å²) < 4.78 is 0. The predicted molar refractivity (Wildman–Crippen MR) is 88.0 cm³/mol. The Kier molecular flexibility index (Phi) is 4.14. The molecular formula is C16H25N5O2. The Balaban J connectivity index is 1.83. The highest BCUT2D eigenvalue weighted by Crippen LogP contribution is 2.37. The first-order chi connectivity index (χ1) is 10.9. The van der Waals surface area contributed by atoms with E-state index in [0.29, 0.717) is 32.5 Å². The molecule has 3 heterocycles. The average Bonchev–Trinajstić information content (AvgIpc) is 2.53. The number of aromatic nitrogens is 2. The first-order valence-corrected chi connectivity index (χ1v) is 8.27. The number of carbonyl (C=O) groups is 1. The number of anilines is 2. The minimum Gasteiger partial charge on any atom is -0.389 e. The number of amides is 1. The molecule has 2 fully saturated rings. The fourth-order valence-electron chi connectivity index (χ4n) is 3.72. The highest BCUT2D eigenvalue weighted by molar-refractivity contribution is 5.73. The number of nitrogen functional groups attached to an aromatic ring is 1. The lowest BCUT2D eigenvalue weighted by Gasteiger charge is -2.50. The third-order valence-corrected chi connectivity index (χ3v) is 5.26. The second-order valence-corrected chi connectivity index (χ2v) is 6.64.